The first-order valence-corrected chi connectivity index (χ1v) is 16.4. The average Bonchev–Trinajstić information content (AvgIpc) is 3.25. The van der Waals surface area contributed by atoms with Crippen LogP contribution in [-0.4, -0.2) is 104 Å². The van der Waals surface area contributed by atoms with Gasteiger partial charge in [-0.25, -0.2) is 0 Å². The second-order valence-corrected chi connectivity index (χ2v) is 14.4. The summed E-state index contributed by atoms with van der Waals surface area (Å²) in [6, 6.07) is 0. The van der Waals surface area contributed by atoms with Gasteiger partial charge in [0.2, 0.25) is 11.8 Å². The zero-order chi connectivity index (χ0) is 26.9. The number of hydrogen-bond donors (Lipinski definition) is 0. The maximum atomic E-state index is 12.2. The number of carbonyl (C=O) groups excluding carboxylic acids is 2. The first-order chi connectivity index (χ1) is 16.9. The highest BCUT2D eigenvalue weighted by Gasteiger charge is 2.33. The highest BCUT2D eigenvalue weighted by molar-refractivity contribution is 8.02. The third kappa shape index (κ3) is 9.62. The smallest absolute Gasteiger partial charge is 0.248 e. The zero-order valence-electron chi connectivity index (χ0n) is 23.1. The molecule has 0 unspecified atom stereocenters. The van der Waals surface area contributed by atoms with E-state index in [-0.39, 0.29) is 22.6 Å². The third-order valence-corrected chi connectivity index (χ3v) is 10.5. The number of likely N-dealkylation sites (N-methyl/N-ethyl adjacent to an activating group) is 2. The van der Waals surface area contributed by atoms with Crippen molar-refractivity contribution in [2.45, 2.75) is 67.2 Å². The summed E-state index contributed by atoms with van der Waals surface area (Å²) in [5, 5.41) is 1.40. The summed E-state index contributed by atoms with van der Waals surface area (Å²) in [5.41, 5.74) is 0.403. The molecule has 0 atom stereocenters. The first-order valence-electron chi connectivity index (χ1n) is 13.2. The van der Waals surface area contributed by atoms with Gasteiger partial charge in [-0.05, 0) is 86.3 Å². The SMILES string of the molecule is CCN1CC(=O)N(CCC(C)(C)CCSCCSCCC(C)(C)CCN2C(=O)CN(CC)C2=S)C1=S. The molecular weight excluding hydrogens is 529 g/mol. The summed E-state index contributed by atoms with van der Waals surface area (Å²) in [6.07, 6.45) is 4.25. The summed E-state index contributed by atoms with van der Waals surface area (Å²) in [5.74, 6) is 4.93. The molecule has 0 aromatic heterocycles. The molecule has 36 heavy (non-hydrogen) atoms. The summed E-state index contributed by atoms with van der Waals surface area (Å²) in [4.78, 5) is 32.0. The van der Waals surface area contributed by atoms with Gasteiger partial charge >= 0.3 is 0 Å². The Morgan fingerprint density at radius 1 is 0.667 bits per heavy atom. The van der Waals surface area contributed by atoms with Crippen LogP contribution in [-0.2, 0) is 9.59 Å². The van der Waals surface area contributed by atoms with E-state index in [0.717, 1.165) is 63.4 Å². The van der Waals surface area contributed by atoms with E-state index >= 15 is 0 Å². The molecule has 2 heterocycles. The van der Waals surface area contributed by atoms with Crippen LogP contribution in [0, 0.1) is 10.8 Å². The van der Waals surface area contributed by atoms with Crippen LogP contribution in [0.4, 0.5) is 0 Å². The molecule has 206 valence electrons. The Hall–Kier alpha value is -0.580. The number of amides is 2. The highest BCUT2D eigenvalue weighted by Crippen LogP contribution is 2.30. The Bertz CT molecular complexity index is 726. The van der Waals surface area contributed by atoms with Gasteiger partial charge in [0, 0.05) is 37.7 Å². The van der Waals surface area contributed by atoms with E-state index in [1.807, 2.05) is 47.2 Å². The van der Waals surface area contributed by atoms with Crippen molar-refractivity contribution >= 4 is 70.0 Å². The zero-order valence-corrected chi connectivity index (χ0v) is 26.4. The molecule has 2 saturated heterocycles. The van der Waals surface area contributed by atoms with Gasteiger partial charge in [0.15, 0.2) is 10.2 Å². The van der Waals surface area contributed by atoms with E-state index in [0.29, 0.717) is 23.3 Å². The van der Waals surface area contributed by atoms with Crippen LogP contribution in [0.3, 0.4) is 0 Å². The fraction of sp³-hybridized carbons (Fsp3) is 0.846. The topological polar surface area (TPSA) is 47.1 Å². The Morgan fingerprint density at radius 2 is 1.03 bits per heavy atom. The summed E-state index contributed by atoms with van der Waals surface area (Å²) < 4.78 is 0. The van der Waals surface area contributed by atoms with Crippen LogP contribution in [0.1, 0.15) is 67.2 Å². The van der Waals surface area contributed by atoms with Crippen molar-refractivity contribution in [1.29, 1.82) is 0 Å². The number of carbonyl (C=O) groups is 2. The monoisotopic (exact) mass is 574 g/mol. The van der Waals surface area contributed by atoms with Gasteiger partial charge in [0.25, 0.3) is 0 Å². The molecule has 0 aromatic rings. The number of nitrogens with zero attached hydrogens (tertiary/aromatic N) is 4. The van der Waals surface area contributed by atoms with E-state index in [2.05, 4.69) is 27.7 Å². The van der Waals surface area contributed by atoms with Crippen LogP contribution in [0.5, 0.6) is 0 Å². The first kappa shape index (κ1) is 31.6. The van der Waals surface area contributed by atoms with Crippen molar-refractivity contribution in [3.8, 4) is 0 Å². The molecule has 2 aliphatic heterocycles. The van der Waals surface area contributed by atoms with Crippen LogP contribution in [0.2, 0.25) is 0 Å². The second-order valence-electron chi connectivity index (χ2n) is 11.2. The van der Waals surface area contributed by atoms with Crippen molar-refractivity contribution in [2.24, 2.45) is 10.8 Å². The summed E-state index contributed by atoms with van der Waals surface area (Å²) >= 11 is 15.0. The maximum absolute atomic E-state index is 12.2. The molecular formula is C26H46N4O2S4. The van der Waals surface area contributed by atoms with E-state index in [1.165, 1.54) is 11.5 Å². The van der Waals surface area contributed by atoms with E-state index in [9.17, 15) is 9.59 Å². The molecule has 2 amide bonds. The molecule has 0 radical (unpaired) electrons. The van der Waals surface area contributed by atoms with Gasteiger partial charge in [-0.1, -0.05) is 27.7 Å². The Kier molecular flexibility index (Phi) is 12.8. The van der Waals surface area contributed by atoms with Gasteiger partial charge in [0.05, 0.1) is 13.1 Å². The minimum absolute atomic E-state index is 0.142. The molecule has 6 nitrogen and oxygen atoms in total. The van der Waals surface area contributed by atoms with Gasteiger partial charge in [-0.2, -0.15) is 23.5 Å². The molecule has 2 fully saturated rings. The Labute approximate surface area is 238 Å². The van der Waals surface area contributed by atoms with E-state index in [1.54, 1.807) is 9.80 Å². The van der Waals surface area contributed by atoms with Crippen molar-refractivity contribution in [3.05, 3.63) is 0 Å². The molecule has 10 heteroatoms. The highest BCUT2D eigenvalue weighted by atomic mass is 32.2. The average molecular weight is 575 g/mol. The lowest BCUT2D eigenvalue weighted by Gasteiger charge is -2.28. The molecule has 0 bridgehead atoms. The fourth-order valence-electron chi connectivity index (χ4n) is 4.22. The minimum Gasteiger partial charge on any atom is -0.340 e. The number of hydrogen-bond acceptors (Lipinski definition) is 6. The third-order valence-electron chi connectivity index (χ3n) is 7.26. The van der Waals surface area contributed by atoms with Gasteiger partial charge in [-0.15, -0.1) is 0 Å². The van der Waals surface area contributed by atoms with Crippen LogP contribution in [0.25, 0.3) is 0 Å². The van der Waals surface area contributed by atoms with Gasteiger partial charge in [-0.3, -0.25) is 19.4 Å². The predicted octanol–water partition coefficient (Wildman–Crippen LogP) is 4.96. The van der Waals surface area contributed by atoms with E-state index in [4.69, 9.17) is 24.4 Å². The maximum Gasteiger partial charge on any atom is 0.248 e. The van der Waals surface area contributed by atoms with Gasteiger partial charge in [0.1, 0.15) is 0 Å². The lowest BCUT2D eigenvalue weighted by Crippen LogP contribution is -2.35. The van der Waals surface area contributed by atoms with Crippen molar-refractivity contribution in [2.75, 3.05) is 62.3 Å². The Morgan fingerprint density at radius 3 is 1.33 bits per heavy atom. The summed E-state index contributed by atoms with van der Waals surface area (Å²) in [6.45, 7) is 17.2. The molecule has 0 spiro atoms. The second kappa shape index (κ2) is 14.5. The standard InChI is InChI=1S/C26H46N4O2S4/c1-7-27-19-21(31)29(23(27)33)13-9-25(3,4)11-15-35-17-18-36-16-12-26(5,6)10-14-30-22(32)20-28(8-2)24(30)34/h7-20H2,1-6H3. The lowest BCUT2D eigenvalue weighted by atomic mass is 9.86. The number of thiocarbonyl (C=S) groups is 2. The fourth-order valence-corrected chi connectivity index (χ4v) is 7.74. The lowest BCUT2D eigenvalue weighted by molar-refractivity contribution is -0.126. The number of rotatable bonds is 17. The summed E-state index contributed by atoms with van der Waals surface area (Å²) in [7, 11) is 0. The molecule has 0 N–H and O–H groups in total. The largest absolute Gasteiger partial charge is 0.340 e. The van der Waals surface area contributed by atoms with Crippen LogP contribution in [0.15, 0.2) is 0 Å². The van der Waals surface area contributed by atoms with Crippen molar-refractivity contribution in [3.63, 3.8) is 0 Å². The van der Waals surface area contributed by atoms with Gasteiger partial charge < -0.3 is 9.80 Å². The molecule has 0 aromatic carbocycles. The molecule has 0 aliphatic carbocycles. The van der Waals surface area contributed by atoms with Crippen LogP contribution >= 0.6 is 48.0 Å². The molecule has 0 saturated carbocycles. The number of thioether (sulfide) groups is 2. The normalized spacial score (nSPS) is 17.4. The van der Waals surface area contributed by atoms with E-state index < -0.39 is 0 Å². The predicted molar refractivity (Wildman–Crippen MR) is 164 cm³/mol. The van der Waals surface area contributed by atoms with Crippen molar-refractivity contribution < 1.29 is 9.59 Å². The minimum atomic E-state index is 0.142. The van der Waals surface area contributed by atoms with Crippen LogP contribution < -0.4 is 0 Å². The Balaban J connectivity index is 1.54. The van der Waals surface area contributed by atoms with Crippen molar-refractivity contribution in [1.82, 2.24) is 19.6 Å². The molecule has 2 aliphatic rings. The molecule has 2 rings (SSSR count). The quantitative estimate of drug-likeness (QED) is 0.178.